The van der Waals surface area contributed by atoms with E-state index in [4.69, 9.17) is 14.2 Å². The first-order chi connectivity index (χ1) is 10.3. The van der Waals surface area contributed by atoms with Crippen LogP contribution in [0, 0.1) is 0 Å². The van der Waals surface area contributed by atoms with Crippen molar-refractivity contribution in [3.63, 3.8) is 0 Å². The van der Waals surface area contributed by atoms with E-state index in [0.717, 1.165) is 11.1 Å². The predicted octanol–water partition coefficient (Wildman–Crippen LogP) is 3.07. The number of benzene rings is 1. The Morgan fingerprint density at radius 1 is 0.955 bits per heavy atom. The Balaban J connectivity index is 0.00000176. The van der Waals surface area contributed by atoms with Gasteiger partial charge in [0.15, 0.2) is 17.1 Å². The molecule has 3 aromatic rings. The molecule has 3 rings (SSSR count). The lowest BCUT2D eigenvalue weighted by molar-refractivity contribution is 0.325. The minimum Gasteiger partial charge on any atom is -0.493 e. The molecule has 2 heterocycles. The number of halogens is 1. The van der Waals surface area contributed by atoms with Gasteiger partial charge in [0.1, 0.15) is 5.82 Å². The van der Waals surface area contributed by atoms with Crippen molar-refractivity contribution in [1.82, 2.24) is 15.0 Å². The van der Waals surface area contributed by atoms with Crippen LogP contribution in [0.1, 0.15) is 0 Å². The van der Waals surface area contributed by atoms with Crippen LogP contribution in [0.25, 0.3) is 22.6 Å². The van der Waals surface area contributed by atoms with Gasteiger partial charge >= 0.3 is 0 Å². The fourth-order valence-electron chi connectivity index (χ4n) is 2.26. The van der Waals surface area contributed by atoms with Gasteiger partial charge in [-0.05, 0) is 24.3 Å². The van der Waals surface area contributed by atoms with Gasteiger partial charge in [-0.1, -0.05) is 0 Å². The molecule has 0 unspecified atom stereocenters. The van der Waals surface area contributed by atoms with Gasteiger partial charge in [-0.2, -0.15) is 0 Å². The van der Waals surface area contributed by atoms with Gasteiger partial charge in [0.05, 0.1) is 32.4 Å². The Bertz CT molecular complexity index is 756. The first-order valence-electron chi connectivity index (χ1n) is 6.38. The molecule has 0 atom stereocenters. The van der Waals surface area contributed by atoms with E-state index in [9.17, 15) is 0 Å². The van der Waals surface area contributed by atoms with Crippen LogP contribution in [0.4, 0.5) is 0 Å². The number of ether oxygens (including phenoxy) is 3. The second-order valence-electron chi connectivity index (χ2n) is 4.34. The number of H-pyrrole nitrogens is 1. The molecule has 0 amide bonds. The molecule has 116 valence electrons. The number of nitrogens with zero attached hydrogens (tertiary/aromatic N) is 2. The molecule has 1 N–H and O–H groups in total. The van der Waals surface area contributed by atoms with Crippen molar-refractivity contribution in [2.75, 3.05) is 21.3 Å². The highest BCUT2D eigenvalue weighted by Gasteiger charge is 2.19. The Labute approximate surface area is 133 Å². The van der Waals surface area contributed by atoms with Crippen LogP contribution < -0.4 is 14.2 Å². The Morgan fingerprint density at radius 3 is 2.36 bits per heavy atom. The molecule has 7 heteroatoms. The summed E-state index contributed by atoms with van der Waals surface area (Å²) in [6.07, 6.45) is 1.71. The molecule has 0 bridgehead atoms. The first-order valence-corrected chi connectivity index (χ1v) is 6.38. The van der Waals surface area contributed by atoms with Gasteiger partial charge in [0.25, 0.3) is 0 Å². The average Bonchev–Trinajstić information content (AvgIpc) is 2.96. The predicted molar refractivity (Wildman–Crippen MR) is 86.2 cm³/mol. The minimum absolute atomic E-state index is 0. The number of hydrogen-bond acceptors (Lipinski definition) is 5. The molecule has 6 nitrogen and oxygen atoms in total. The van der Waals surface area contributed by atoms with E-state index in [-0.39, 0.29) is 12.4 Å². The van der Waals surface area contributed by atoms with Crippen molar-refractivity contribution in [1.29, 1.82) is 0 Å². The molecule has 0 fully saturated rings. The number of aromatic nitrogens is 3. The summed E-state index contributed by atoms with van der Waals surface area (Å²) in [5.74, 6) is 2.37. The molecule has 0 aliphatic heterocycles. The lowest BCUT2D eigenvalue weighted by atomic mass is 10.1. The SMILES string of the molecule is COc1ccc(-c2nc3ncccc3[nH]2)c(OC)c1OC.Cl. The van der Waals surface area contributed by atoms with Crippen molar-refractivity contribution < 1.29 is 14.2 Å². The molecule has 0 spiro atoms. The summed E-state index contributed by atoms with van der Waals surface area (Å²) >= 11 is 0. The molecule has 1 aromatic carbocycles. The zero-order valence-electron chi connectivity index (χ0n) is 12.4. The summed E-state index contributed by atoms with van der Waals surface area (Å²) in [6.45, 7) is 0. The molecular formula is C15H16ClN3O3. The van der Waals surface area contributed by atoms with Crippen LogP contribution in [0.5, 0.6) is 17.2 Å². The van der Waals surface area contributed by atoms with E-state index in [1.807, 2.05) is 24.3 Å². The van der Waals surface area contributed by atoms with Crippen LogP contribution in [0.15, 0.2) is 30.5 Å². The van der Waals surface area contributed by atoms with E-state index in [1.54, 1.807) is 27.5 Å². The normalized spacial score (nSPS) is 10.1. The van der Waals surface area contributed by atoms with Crippen molar-refractivity contribution in [2.24, 2.45) is 0 Å². The van der Waals surface area contributed by atoms with Crippen molar-refractivity contribution in [3.8, 4) is 28.6 Å². The topological polar surface area (TPSA) is 69.3 Å². The van der Waals surface area contributed by atoms with Crippen LogP contribution in [0.2, 0.25) is 0 Å². The van der Waals surface area contributed by atoms with E-state index in [1.165, 1.54) is 0 Å². The summed E-state index contributed by atoms with van der Waals surface area (Å²) in [5.41, 5.74) is 2.31. The maximum atomic E-state index is 5.47. The number of methoxy groups -OCH3 is 3. The Morgan fingerprint density at radius 2 is 1.73 bits per heavy atom. The number of imidazole rings is 1. The molecular weight excluding hydrogens is 306 g/mol. The van der Waals surface area contributed by atoms with Gasteiger partial charge < -0.3 is 19.2 Å². The lowest BCUT2D eigenvalue weighted by Gasteiger charge is -2.14. The highest BCUT2D eigenvalue weighted by Crippen LogP contribution is 2.43. The maximum absolute atomic E-state index is 5.47. The highest BCUT2D eigenvalue weighted by atomic mass is 35.5. The van der Waals surface area contributed by atoms with Crippen molar-refractivity contribution in [2.45, 2.75) is 0 Å². The molecule has 0 saturated carbocycles. The largest absolute Gasteiger partial charge is 0.493 e. The third-order valence-corrected chi connectivity index (χ3v) is 3.22. The van der Waals surface area contributed by atoms with Gasteiger partial charge in [-0.25, -0.2) is 9.97 Å². The fraction of sp³-hybridized carbons (Fsp3) is 0.200. The Kier molecular flexibility index (Phi) is 4.72. The summed E-state index contributed by atoms with van der Waals surface area (Å²) in [6, 6.07) is 7.47. The minimum atomic E-state index is 0. The first kappa shape index (κ1) is 15.9. The smallest absolute Gasteiger partial charge is 0.204 e. The van der Waals surface area contributed by atoms with Crippen molar-refractivity contribution >= 4 is 23.6 Å². The molecule has 2 aromatic heterocycles. The molecule has 22 heavy (non-hydrogen) atoms. The zero-order chi connectivity index (χ0) is 14.8. The van der Waals surface area contributed by atoms with E-state index in [0.29, 0.717) is 28.7 Å². The van der Waals surface area contributed by atoms with Gasteiger partial charge in [-0.15, -0.1) is 12.4 Å². The number of nitrogens with one attached hydrogen (secondary N) is 1. The van der Waals surface area contributed by atoms with E-state index < -0.39 is 0 Å². The third-order valence-electron chi connectivity index (χ3n) is 3.22. The fourth-order valence-corrected chi connectivity index (χ4v) is 2.26. The van der Waals surface area contributed by atoms with Crippen molar-refractivity contribution in [3.05, 3.63) is 30.5 Å². The Hall–Kier alpha value is -2.47. The van der Waals surface area contributed by atoms with Crippen LogP contribution in [-0.4, -0.2) is 36.3 Å². The molecule has 0 aliphatic carbocycles. The molecule has 0 aliphatic rings. The maximum Gasteiger partial charge on any atom is 0.204 e. The quantitative estimate of drug-likeness (QED) is 0.799. The van der Waals surface area contributed by atoms with E-state index >= 15 is 0 Å². The lowest BCUT2D eigenvalue weighted by Crippen LogP contribution is -1.97. The standard InChI is InChI=1S/C15H15N3O3.ClH/c1-19-11-7-6-9(12(20-2)13(11)21-3)14-17-10-5-4-8-16-15(10)18-14;/h4-8H,1-3H3,(H,16,17,18);1H. The zero-order valence-corrected chi connectivity index (χ0v) is 13.2. The number of pyridine rings is 1. The van der Waals surface area contributed by atoms with Gasteiger partial charge in [-0.3, -0.25) is 0 Å². The average molecular weight is 322 g/mol. The summed E-state index contributed by atoms with van der Waals surface area (Å²) in [4.78, 5) is 11.9. The monoisotopic (exact) mass is 321 g/mol. The van der Waals surface area contributed by atoms with Gasteiger partial charge in [0.2, 0.25) is 5.75 Å². The van der Waals surface area contributed by atoms with Crippen LogP contribution in [0.3, 0.4) is 0 Å². The summed E-state index contributed by atoms with van der Waals surface area (Å²) in [7, 11) is 4.74. The summed E-state index contributed by atoms with van der Waals surface area (Å²) in [5, 5.41) is 0. The van der Waals surface area contributed by atoms with Gasteiger partial charge in [0, 0.05) is 6.20 Å². The second-order valence-corrected chi connectivity index (χ2v) is 4.34. The summed E-state index contributed by atoms with van der Waals surface area (Å²) < 4.78 is 16.1. The second kappa shape index (κ2) is 6.53. The molecule has 0 radical (unpaired) electrons. The van der Waals surface area contributed by atoms with Crippen LogP contribution in [-0.2, 0) is 0 Å². The highest BCUT2D eigenvalue weighted by molar-refractivity contribution is 5.85. The number of aromatic amines is 1. The number of fused-ring (bicyclic) bond motifs is 1. The number of rotatable bonds is 4. The number of hydrogen-bond donors (Lipinski definition) is 1. The van der Waals surface area contributed by atoms with E-state index in [2.05, 4.69) is 15.0 Å². The molecule has 0 saturated heterocycles. The third kappa shape index (κ3) is 2.53. The van der Waals surface area contributed by atoms with Crippen LogP contribution >= 0.6 is 12.4 Å².